The lowest BCUT2D eigenvalue weighted by atomic mass is 9.99. The van der Waals surface area contributed by atoms with E-state index in [-0.39, 0.29) is 0 Å². The third-order valence-electron chi connectivity index (χ3n) is 3.11. The second-order valence-electron chi connectivity index (χ2n) is 4.86. The monoisotopic (exact) mass is 209 g/mol. The van der Waals surface area contributed by atoms with Crippen LogP contribution >= 0.6 is 11.3 Å². The highest BCUT2D eigenvalue weighted by Gasteiger charge is 2.37. The topological polar surface area (TPSA) is 12.0 Å². The fourth-order valence-electron chi connectivity index (χ4n) is 1.84. The van der Waals surface area contributed by atoms with Gasteiger partial charge in [-0.25, -0.2) is 0 Å². The maximum atomic E-state index is 3.66. The van der Waals surface area contributed by atoms with Gasteiger partial charge in [0, 0.05) is 21.8 Å². The molecule has 0 bridgehead atoms. The van der Waals surface area contributed by atoms with E-state index in [0.29, 0.717) is 5.54 Å². The van der Waals surface area contributed by atoms with Crippen LogP contribution in [0, 0.1) is 12.8 Å². The molecule has 0 aliphatic heterocycles. The van der Waals surface area contributed by atoms with Crippen LogP contribution in [-0.4, -0.2) is 5.54 Å². The number of thiophene rings is 1. The Morgan fingerprint density at radius 1 is 1.43 bits per heavy atom. The van der Waals surface area contributed by atoms with Gasteiger partial charge in [0.05, 0.1) is 0 Å². The average molecular weight is 209 g/mol. The van der Waals surface area contributed by atoms with Crippen molar-refractivity contribution in [2.24, 2.45) is 5.92 Å². The zero-order valence-electron chi connectivity index (χ0n) is 9.26. The Morgan fingerprint density at radius 2 is 2.14 bits per heavy atom. The van der Waals surface area contributed by atoms with E-state index in [4.69, 9.17) is 0 Å². The summed E-state index contributed by atoms with van der Waals surface area (Å²) in [5, 5.41) is 3.66. The van der Waals surface area contributed by atoms with Crippen molar-refractivity contribution in [3.05, 3.63) is 21.9 Å². The van der Waals surface area contributed by atoms with E-state index in [1.807, 2.05) is 11.3 Å². The molecular weight excluding hydrogens is 190 g/mol. The molecule has 1 fully saturated rings. The molecule has 2 rings (SSSR count). The Kier molecular flexibility index (Phi) is 2.67. The molecule has 0 unspecified atom stereocenters. The molecule has 1 heterocycles. The van der Waals surface area contributed by atoms with Crippen molar-refractivity contribution in [3.63, 3.8) is 0 Å². The van der Waals surface area contributed by atoms with Crippen molar-refractivity contribution >= 4 is 11.3 Å². The SMILES string of the molecule is Cc1ccc(CNC(C)(C)C2CC2)s1. The molecule has 1 nitrogen and oxygen atoms in total. The molecule has 1 saturated carbocycles. The predicted molar refractivity (Wildman–Crippen MR) is 62.7 cm³/mol. The van der Waals surface area contributed by atoms with Crippen molar-refractivity contribution < 1.29 is 0 Å². The number of hydrogen-bond donors (Lipinski definition) is 1. The molecule has 14 heavy (non-hydrogen) atoms. The number of nitrogens with one attached hydrogen (secondary N) is 1. The van der Waals surface area contributed by atoms with Crippen molar-refractivity contribution in [1.82, 2.24) is 5.32 Å². The minimum absolute atomic E-state index is 0.331. The van der Waals surface area contributed by atoms with Gasteiger partial charge in [-0.1, -0.05) is 0 Å². The molecule has 1 aromatic heterocycles. The molecule has 0 amide bonds. The Labute approximate surface area is 90.5 Å². The quantitative estimate of drug-likeness (QED) is 0.802. The van der Waals surface area contributed by atoms with Gasteiger partial charge in [0.1, 0.15) is 0 Å². The summed E-state index contributed by atoms with van der Waals surface area (Å²) < 4.78 is 0. The minimum Gasteiger partial charge on any atom is -0.307 e. The van der Waals surface area contributed by atoms with Crippen LogP contribution in [0.2, 0.25) is 0 Å². The first-order valence-electron chi connectivity index (χ1n) is 5.38. The Hall–Kier alpha value is -0.340. The molecular formula is C12H19NS. The molecule has 78 valence electrons. The molecule has 0 spiro atoms. The van der Waals surface area contributed by atoms with Gasteiger partial charge in [-0.3, -0.25) is 0 Å². The molecule has 1 aliphatic rings. The van der Waals surface area contributed by atoms with Gasteiger partial charge in [0.25, 0.3) is 0 Å². The number of hydrogen-bond acceptors (Lipinski definition) is 2. The highest BCUT2D eigenvalue weighted by atomic mass is 32.1. The number of aryl methyl sites for hydroxylation is 1. The third kappa shape index (κ3) is 2.37. The largest absolute Gasteiger partial charge is 0.307 e. The summed E-state index contributed by atoms with van der Waals surface area (Å²) in [6, 6.07) is 4.43. The molecule has 1 aromatic rings. The molecule has 0 aromatic carbocycles. The lowest BCUT2D eigenvalue weighted by Gasteiger charge is -2.25. The van der Waals surface area contributed by atoms with Gasteiger partial charge in [-0.15, -0.1) is 11.3 Å². The summed E-state index contributed by atoms with van der Waals surface area (Å²) in [6.07, 6.45) is 2.81. The van der Waals surface area contributed by atoms with E-state index in [1.54, 1.807) is 0 Å². The first kappa shape index (κ1) is 10.2. The van der Waals surface area contributed by atoms with Crippen molar-refractivity contribution in [2.45, 2.75) is 45.7 Å². The number of rotatable bonds is 4. The van der Waals surface area contributed by atoms with E-state index in [9.17, 15) is 0 Å². The zero-order chi connectivity index (χ0) is 10.2. The van der Waals surface area contributed by atoms with Crippen LogP contribution < -0.4 is 5.32 Å². The smallest absolute Gasteiger partial charge is 0.0304 e. The van der Waals surface area contributed by atoms with Crippen molar-refractivity contribution in [2.75, 3.05) is 0 Å². The second-order valence-corrected chi connectivity index (χ2v) is 6.23. The Bertz CT molecular complexity index is 310. The van der Waals surface area contributed by atoms with Gasteiger partial charge in [-0.2, -0.15) is 0 Å². The van der Waals surface area contributed by atoms with E-state index < -0.39 is 0 Å². The lowest BCUT2D eigenvalue weighted by Crippen LogP contribution is -2.40. The maximum Gasteiger partial charge on any atom is 0.0304 e. The Morgan fingerprint density at radius 3 is 2.64 bits per heavy atom. The van der Waals surface area contributed by atoms with Crippen LogP contribution in [0.1, 0.15) is 36.4 Å². The van der Waals surface area contributed by atoms with Crippen LogP contribution in [0.4, 0.5) is 0 Å². The summed E-state index contributed by atoms with van der Waals surface area (Å²) in [4.78, 5) is 2.86. The van der Waals surface area contributed by atoms with Crippen LogP contribution in [0.5, 0.6) is 0 Å². The summed E-state index contributed by atoms with van der Waals surface area (Å²) in [5.41, 5.74) is 0.331. The average Bonchev–Trinajstić information content (AvgIpc) is 2.89. The van der Waals surface area contributed by atoms with Crippen molar-refractivity contribution in [1.29, 1.82) is 0 Å². The van der Waals surface area contributed by atoms with Gasteiger partial charge < -0.3 is 5.32 Å². The molecule has 1 aliphatic carbocycles. The normalized spacial score (nSPS) is 17.4. The van der Waals surface area contributed by atoms with Crippen LogP contribution in [0.3, 0.4) is 0 Å². The molecule has 0 saturated heterocycles. The molecule has 0 atom stereocenters. The summed E-state index contributed by atoms with van der Waals surface area (Å²) in [5.74, 6) is 0.906. The fourth-order valence-corrected chi connectivity index (χ4v) is 2.67. The zero-order valence-corrected chi connectivity index (χ0v) is 10.1. The van der Waals surface area contributed by atoms with Gasteiger partial charge in [-0.05, 0) is 51.7 Å². The summed E-state index contributed by atoms with van der Waals surface area (Å²) in [6.45, 7) is 7.85. The van der Waals surface area contributed by atoms with Gasteiger partial charge in [0.15, 0.2) is 0 Å². The van der Waals surface area contributed by atoms with E-state index in [2.05, 4.69) is 38.2 Å². The van der Waals surface area contributed by atoms with Crippen LogP contribution in [0.25, 0.3) is 0 Å². The predicted octanol–water partition coefficient (Wildman–Crippen LogP) is 3.33. The molecule has 1 N–H and O–H groups in total. The maximum absolute atomic E-state index is 3.66. The second kappa shape index (κ2) is 3.67. The van der Waals surface area contributed by atoms with Crippen LogP contribution in [-0.2, 0) is 6.54 Å². The van der Waals surface area contributed by atoms with Crippen molar-refractivity contribution in [3.8, 4) is 0 Å². The lowest BCUT2D eigenvalue weighted by molar-refractivity contribution is 0.341. The van der Waals surface area contributed by atoms with E-state index >= 15 is 0 Å². The Balaban J connectivity index is 1.87. The van der Waals surface area contributed by atoms with Gasteiger partial charge >= 0.3 is 0 Å². The molecule has 2 heteroatoms. The van der Waals surface area contributed by atoms with Gasteiger partial charge in [0.2, 0.25) is 0 Å². The first-order chi connectivity index (χ1) is 6.58. The highest BCUT2D eigenvalue weighted by Crippen LogP contribution is 2.39. The highest BCUT2D eigenvalue weighted by molar-refractivity contribution is 7.11. The third-order valence-corrected chi connectivity index (χ3v) is 4.11. The van der Waals surface area contributed by atoms with Crippen LogP contribution in [0.15, 0.2) is 12.1 Å². The summed E-state index contributed by atoms with van der Waals surface area (Å²) in [7, 11) is 0. The van der Waals surface area contributed by atoms with E-state index in [0.717, 1.165) is 12.5 Å². The van der Waals surface area contributed by atoms with E-state index in [1.165, 1.54) is 22.6 Å². The minimum atomic E-state index is 0.331. The fraction of sp³-hybridized carbons (Fsp3) is 0.667. The summed E-state index contributed by atoms with van der Waals surface area (Å²) >= 11 is 1.90. The molecule has 0 radical (unpaired) electrons. The standard InChI is InChI=1S/C12H19NS/c1-9-4-7-11(14-9)8-13-12(2,3)10-5-6-10/h4,7,10,13H,5-6,8H2,1-3H3. The first-order valence-corrected chi connectivity index (χ1v) is 6.20.